The van der Waals surface area contributed by atoms with E-state index in [0.29, 0.717) is 17.6 Å². The van der Waals surface area contributed by atoms with E-state index >= 15 is 0 Å². The molecule has 0 bridgehead atoms. The van der Waals surface area contributed by atoms with Gasteiger partial charge in [-0.3, -0.25) is 9.55 Å². The number of hydrogen-bond donors (Lipinski definition) is 0. The van der Waals surface area contributed by atoms with Crippen molar-refractivity contribution in [3.05, 3.63) is 103 Å². The summed E-state index contributed by atoms with van der Waals surface area (Å²) in [5.41, 5.74) is 4.87. The molecule has 7 rings (SSSR count). The van der Waals surface area contributed by atoms with Crippen molar-refractivity contribution < 1.29 is 0 Å². The SMILES string of the molecule is c1ccc(-c2nc(-c3ccccc3)nc(-n3c4cccnc4c4ccc5sccc5c43)n2)cc1. The molecule has 0 saturated heterocycles. The fraction of sp³-hybridized carbons (Fsp3) is 0. The average Bonchev–Trinajstić information content (AvgIpc) is 3.52. The molecule has 0 N–H and O–H groups in total. The van der Waals surface area contributed by atoms with Crippen LogP contribution in [0.2, 0.25) is 0 Å². The standard InChI is InChI=1S/C28H17N5S/c1-3-8-18(9-4-1)26-30-27(19-10-5-2-6-11-19)32-28(31-26)33-22-12-7-16-29-24(22)21-13-14-23-20(25(21)33)15-17-34-23/h1-17H. The van der Waals surface area contributed by atoms with Crippen LogP contribution in [0.4, 0.5) is 0 Å². The van der Waals surface area contributed by atoms with E-state index in [1.54, 1.807) is 11.3 Å². The maximum atomic E-state index is 4.98. The lowest BCUT2D eigenvalue weighted by molar-refractivity contribution is 0.954. The van der Waals surface area contributed by atoms with Gasteiger partial charge in [-0.05, 0) is 35.7 Å². The summed E-state index contributed by atoms with van der Waals surface area (Å²) in [4.78, 5) is 19.5. The summed E-state index contributed by atoms with van der Waals surface area (Å²) in [6, 6.07) is 30.6. The van der Waals surface area contributed by atoms with E-state index in [4.69, 9.17) is 19.9 Å². The smallest absolute Gasteiger partial charge is 0.238 e. The van der Waals surface area contributed by atoms with E-state index < -0.39 is 0 Å². The van der Waals surface area contributed by atoms with Crippen LogP contribution in [0.5, 0.6) is 0 Å². The molecule has 6 heteroatoms. The first-order valence-corrected chi connectivity index (χ1v) is 11.9. The van der Waals surface area contributed by atoms with E-state index in [-0.39, 0.29) is 0 Å². The first-order valence-electron chi connectivity index (χ1n) is 11.0. The largest absolute Gasteiger partial charge is 0.275 e. The zero-order valence-electron chi connectivity index (χ0n) is 18.0. The van der Waals surface area contributed by atoms with Crippen LogP contribution in [0.3, 0.4) is 0 Å². The van der Waals surface area contributed by atoms with Gasteiger partial charge in [0.15, 0.2) is 11.6 Å². The van der Waals surface area contributed by atoms with E-state index in [9.17, 15) is 0 Å². The van der Waals surface area contributed by atoms with Crippen molar-refractivity contribution in [2.45, 2.75) is 0 Å². The number of aromatic nitrogens is 5. The van der Waals surface area contributed by atoms with Gasteiger partial charge in [-0.2, -0.15) is 9.97 Å². The van der Waals surface area contributed by atoms with Gasteiger partial charge in [0.25, 0.3) is 0 Å². The third kappa shape index (κ3) is 2.93. The average molecular weight is 456 g/mol. The van der Waals surface area contributed by atoms with Crippen molar-refractivity contribution in [1.29, 1.82) is 0 Å². The quantitative estimate of drug-likeness (QED) is 0.290. The molecule has 34 heavy (non-hydrogen) atoms. The molecule has 160 valence electrons. The highest BCUT2D eigenvalue weighted by atomic mass is 32.1. The molecule has 0 saturated carbocycles. The number of hydrogen-bond acceptors (Lipinski definition) is 5. The molecule has 4 heterocycles. The fourth-order valence-electron chi connectivity index (χ4n) is 4.47. The van der Waals surface area contributed by atoms with Crippen LogP contribution in [0.15, 0.2) is 103 Å². The molecular weight excluding hydrogens is 438 g/mol. The summed E-state index contributed by atoms with van der Waals surface area (Å²) in [5.74, 6) is 1.86. The van der Waals surface area contributed by atoms with E-state index in [0.717, 1.165) is 33.1 Å². The zero-order chi connectivity index (χ0) is 22.5. The Kier molecular flexibility index (Phi) is 4.25. The van der Waals surface area contributed by atoms with Crippen LogP contribution in [0.1, 0.15) is 0 Å². The molecule has 0 aliphatic carbocycles. The third-order valence-electron chi connectivity index (χ3n) is 6.00. The summed E-state index contributed by atoms with van der Waals surface area (Å²) in [5, 5.41) is 4.38. The molecule has 0 atom stereocenters. The normalized spacial score (nSPS) is 11.5. The number of thiophene rings is 1. The Labute approximate surface area is 199 Å². The Bertz CT molecular complexity index is 1750. The highest BCUT2D eigenvalue weighted by molar-refractivity contribution is 7.17. The lowest BCUT2D eigenvalue weighted by Gasteiger charge is -2.11. The van der Waals surface area contributed by atoms with Crippen LogP contribution < -0.4 is 0 Å². The van der Waals surface area contributed by atoms with Crippen molar-refractivity contribution >= 4 is 43.4 Å². The molecule has 4 aromatic heterocycles. The minimum atomic E-state index is 0.583. The molecular formula is C28H17N5S. The van der Waals surface area contributed by atoms with Crippen LogP contribution in [0.25, 0.3) is 60.7 Å². The van der Waals surface area contributed by atoms with Crippen LogP contribution >= 0.6 is 11.3 Å². The predicted octanol–water partition coefficient (Wildman–Crippen LogP) is 6.91. The van der Waals surface area contributed by atoms with Gasteiger partial charge >= 0.3 is 0 Å². The zero-order valence-corrected chi connectivity index (χ0v) is 18.8. The Morgan fingerprint density at radius 3 is 2.03 bits per heavy atom. The topological polar surface area (TPSA) is 56.5 Å². The number of benzene rings is 3. The van der Waals surface area contributed by atoms with Crippen LogP contribution in [-0.2, 0) is 0 Å². The molecule has 5 nitrogen and oxygen atoms in total. The van der Waals surface area contributed by atoms with Crippen molar-refractivity contribution in [2.75, 3.05) is 0 Å². The molecule has 0 spiro atoms. The molecule has 0 radical (unpaired) electrons. The van der Waals surface area contributed by atoms with Crippen LogP contribution in [0, 0.1) is 0 Å². The Morgan fingerprint density at radius 1 is 0.618 bits per heavy atom. The Hall–Kier alpha value is -4.42. The van der Waals surface area contributed by atoms with E-state index in [2.05, 4.69) is 34.2 Å². The molecule has 0 aliphatic heterocycles. The van der Waals surface area contributed by atoms with Gasteiger partial charge in [-0.15, -0.1) is 11.3 Å². The summed E-state index contributed by atoms with van der Waals surface area (Å²) >= 11 is 1.73. The van der Waals surface area contributed by atoms with E-state index in [1.165, 1.54) is 10.1 Å². The summed E-state index contributed by atoms with van der Waals surface area (Å²) in [7, 11) is 0. The van der Waals surface area contributed by atoms with Crippen molar-refractivity contribution in [3.8, 4) is 28.7 Å². The second kappa shape index (κ2) is 7.57. The van der Waals surface area contributed by atoms with Crippen LogP contribution in [-0.4, -0.2) is 24.5 Å². The summed E-state index contributed by atoms with van der Waals surface area (Å²) in [6.45, 7) is 0. The van der Waals surface area contributed by atoms with Crippen molar-refractivity contribution in [1.82, 2.24) is 24.5 Å². The minimum absolute atomic E-state index is 0.583. The maximum absolute atomic E-state index is 4.98. The number of fused-ring (bicyclic) bond motifs is 5. The van der Waals surface area contributed by atoms with Gasteiger partial charge in [0.05, 0.1) is 16.6 Å². The van der Waals surface area contributed by atoms with Gasteiger partial charge < -0.3 is 0 Å². The lowest BCUT2D eigenvalue weighted by Crippen LogP contribution is -2.06. The summed E-state index contributed by atoms with van der Waals surface area (Å²) < 4.78 is 3.35. The molecule has 7 aromatic rings. The Balaban J connectivity index is 1.62. The molecule has 0 aliphatic rings. The number of pyridine rings is 1. The molecule has 0 amide bonds. The van der Waals surface area contributed by atoms with Crippen molar-refractivity contribution in [3.63, 3.8) is 0 Å². The second-order valence-corrected chi connectivity index (χ2v) is 8.96. The highest BCUT2D eigenvalue weighted by Gasteiger charge is 2.20. The van der Waals surface area contributed by atoms with Gasteiger partial charge in [0.1, 0.15) is 0 Å². The monoisotopic (exact) mass is 455 g/mol. The van der Waals surface area contributed by atoms with Gasteiger partial charge in [-0.25, -0.2) is 4.98 Å². The highest BCUT2D eigenvalue weighted by Crippen LogP contribution is 2.37. The minimum Gasteiger partial charge on any atom is -0.275 e. The molecule has 3 aromatic carbocycles. The maximum Gasteiger partial charge on any atom is 0.238 e. The second-order valence-electron chi connectivity index (χ2n) is 8.02. The van der Waals surface area contributed by atoms with E-state index in [1.807, 2.05) is 72.9 Å². The van der Waals surface area contributed by atoms with Crippen molar-refractivity contribution in [2.24, 2.45) is 0 Å². The molecule has 0 fully saturated rings. The lowest BCUT2D eigenvalue weighted by atomic mass is 10.2. The van der Waals surface area contributed by atoms with Gasteiger partial charge in [0.2, 0.25) is 5.95 Å². The fourth-order valence-corrected chi connectivity index (χ4v) is 5.26. The molecule has 0 unspecified atom stereocenters. The van der Waals surface area contributed by atoms with Gasteiger partial charge in [0, 0.05) is 32.8 Å². The first-order chi connectivity index (χ1) is 16.9. The van der Waals surface area contributed by atoms with Gasteiger partial charge in [-0.1, -0.05) is 60.7 Å². The third-order valence-corrected chi connectivity index (χ3v) is 6.88. The number of nitrogens with zero attached hydrogens (tertiary/aromatic N) is 5. The predicted molar refractivity (Wildman–Crippen MR) is 138 cm³/mol. The number of rotatable bonds is 3. The Morgan fingerprint density at radius 2 is 1.32 bits per heavy atom. The summed E-state index contributed by atoms with van der Waals surface area (Å²) in [6.07, 6.45) is 1.84. The first kappa shape index (κ1) is 19.1.